The first-order valence-corrected chi connectivity index (χ1v) is 4.18. The normalized spacial score (nSPS) is 13.0. The predicted octanol–water partition coefficient (Wildman–Crippen LogP) is -1.12. The number of hydrogen-bond donors (Lipinski definition) is 3. The van der Waals surface area contributed by atoms with Crippen molar-refractivity contribution in [2.24, 2.45) is 0 Å². The van der Waals surface area contributed by atoms with E-state index in [0.29, 0.717) is 0 Å². The first kappa shape index (κ1) is 12.3. The molecule has 1 unspecified atom stereocenters. The van der Waals surface area contributed by atoms with Gasteiger partial charge in [0.25, 0.3) is 0 Å². The number of ether oxygens (including phenoxy) is 1. The van der Waals surface area contributed by atoms with Crippen LogP contribution in [-0.2, 0) is 9.53 Å². The van der Waals surface area contributed by atoms with Gasteiger partial charge in [-0.2, -0.15) is 0 Å². The Bertz CT molecular complexity index is 147. The molecule has 0 amide bonds. The average Bonchev–Trinajstić information content (AvgIpc) is 2.13. The summed E-state index contributed by atoms with van der Waals surface area (Å²) >= 11 is 0. The van der Waals surface area contributed by atoms with Crippen molar-refractivity contribution in [2.75, 3.05) is 20.3 Å². The zero-order chi connectivity index (χ0) is 10.3. The van der Waals surface area contributed by atoms with Gasteiger partial charge in [0.2, 0.25) is 0 Å². The zero-order valence-corrected chi connectivity index (χ0v) is 7.99. The molecular weight excluding hydrogens is 174 g/mol. The largest absolute Gasteiger partial charge is 0.469 e. The van der Waals surface area contributed by atoms with Crippen LogP contribution in [0.2, 0.25) is 0 Å². The molecule has 0 spiro atoms. The van der Waals surface area contributed by atoms with Gasteiger partial charge in [0, 0.05) is 6.04 Å². The third-order valence-corrected chi connectivity index (χ3v) is 1.66. The van der Waals surface area contributed by atoms with Crippen LogP contribution in [-0.4, -0.2) is 48.6 Å². The molecule has 0 heterocycles. The van der Waals surface area contributed by atoms with Gasteiger partial charge in [-0.05, 0) is 6.92 Å². The van der Waals surface area contributed by atoms with Crippen molar-refractivity contribution in [3.63, 3.8) is 0 Å². The van der Waals surface area contributed by atoms with Gasteiger partial charge in [-0.3, -0.25) is 4.79 Å². The molecule has 3 N–H and O–H groups in total. The van der Waals surface area contributed by atoms with E-state index in [4.69, 9.17) is 10.2 Å². The number of hydrogen-bond acceptors (Lipinski definition) is 5. The number of carbonyl (C=O) groups is 1. The molecule has 0 aromatic rings. The quantitative estimate of drug-likeness (QED) is 0.463. The van der Waals surface area contributed by atoms with Crippen LogP contribution in [0, 0.1) is 0 Å². The van der Waals surface area contributed by atoms with Crippen LogP contribution in [0.4, 0.5) is 0 Å². The van der Waals surface area contributed by atoms with Gasteiger partial charge < -0.3 is 20.3 Å². The fourth-order valence-electron chi connectivity index (χ4n) is 0.958. The van der Waals surface area contributed by atoms with Crippen molar-refractivity contribution in [1.82, 2.24) is 5.32 Å². The summed E-state index contributed by atoms with van der Waals surface area (Å²) < 4.78 is 4.47. The van der Waals surface area contributed by atoms with E-state index in [0.717, 1.165) is 0 Å². The van der Waals surface area contributed by atoms with Crippen LogP contribution in [0.5, 0.6) is 0 Å². The summed E-state index contributed by atoms with van der Waals surface area (Å²) in [7, 11) is 1.32. The summed E-state index contributed by atoms with van der Waals surface area (Å²) in [6.07, 6.45) is 0.229. The Morgan fingerprint density at radius 1 is 1.46 bits per heavy atom. The number of esters is 1. The maximum atomic E-state index is 10.8. The first-order valence-electron chi connectivity index (χ1n) is 4.18. The maximum absolute atomic E-state index is 10.8. The summed E-state index contributed by atoms with van der Waals surface area (Å²) in [6.45, 7) is 1.49. The lowest BCUT2D eigenvalue weighted by Crippen LogP contribution is -2.42. The second-order valence-corrected chi connectivity index (χ2v) is 2.91. The Balaban J connectivity index is 3.71. The minimum absolute atomic E-state index is 0.114. The monoisotopic (exact) mass is 191 g/mol. The van der Waals surface area contributed by atoms with E-state index < -0.39 is 0 Å². The molecule has 0 aromatic heterocycles. The van der Waals surface area contributed by atoms with Crippen molar-refractivity contribution in [3.05, 3.63) is 0 Å². The highest BCUT2D eigenvalue weighted by Crippen LogP contribution is 1.94. The number of aliphatic hydroxyl groups excluding tert-OH is 2. The van der Waals surface area contributed by atoms with E-state index in [-0.39, 0.29) is 37.7 Å². The molecule has 0 bridgehead atoms. The molecule has 0 saturated heterocycles. The number of carbonyl (C=O) groups excluding carboxylic acids is 1. The molecule has 0 fully saturated rings. The molecule has 78 valence electrons. The summed E-state index contributed by atoms with van der Waals surface area (Å²) in [6, 6.07) is -0.489. The lowest BCUT2D eigenvalue weighted by atomic mass is 10.2. The highest BCUT2D eigenvalue weighted by atomic mass is 16.5. The fourth-order valence-corrected chi connectivity index (χ4v) is 0.958. The van der Waals surface area contributed by atoms with Crippen LogP contribution >= 0.6 is 0 Å². The van der Waals surface area contributed by atoms with E-state index >= 15 is 0 Å². The molecule has 5 nitrogen and oxygen atoms in total. The van der Waals surface area contributed by atoms with Gasteiger partial charge in [-0.25, -0.2) is 0 Å². The van der Waals surface area contributed by atoms with Crippen LogP contribution in [0.25, 0.3) is 0 Å². The highest BCUT2D eigenvalue weighted by Gasteiger charge is 2.13. The molecule has 0 aliphatic carbocycles. The second-order valence-electron chi connectivity index (χ2n) is 2.91. The highest BCUT2D eigenvalue weighted by molar-refractivity contribution is 5.69. The standard InChI is InChI=1S/C8H17NO4/c1-6(3-8(12)13-2)9-7(4-10)5-11/h6-7,9-11H,3-5H2,1-2H3. The number of aliphatic hydroxyl groups is 2. The van der Waals surface area contributed by atoms with Crippen molar-refractivity contribution in [1.29, 1.82) is 0 Å². The molecule has 5 heteroatoms. The van der Waals surface area contributed by atoms with Crippen LogP contribution in [0.1, 0.15) is 13.3 Å². The number of methoxy groups -OCH3 is 1. The van der Waals surface area contributed by atoms with Gasteiger partial charge >= 0.3 is 5.97 Å². The van der Waals surface area contributed by atoms with Crippen molar-refractivity contribution >= 4 is 5.97 Å². The SMILES string of the molecule is COC(=O)CC(C)NC(CO)CO. The Morgan fingerprint density at radius 2 is 2.00 bits per heavy atom. The van der Waals surface area contributed by atoms with Gasteiger partial charge in [-0.15, -0.1) is 0 Å². The molecule has 0 aliphatic rings. The Labute approximate surface area is 77.7 Å². The lowest BCUT2D eigenvalue weighted by Gasteiger charge is -2.18. The van der Waals surface area contributed by atoms with Crippen molar-refractivity contribution in [3.8, 4) is 0 Å². The van der Waals surface area contributed by atoms with Gasteiger partial charge in [0.05, 0.1) is 32.8 Å². The Morgan fingerprint density at radius 3 is 2.38 bits per heavy atom. The Kier molecular flexibility index (Phi) is 6.48. The zero-order valence-electron chi connectivity index (χ0n) is 7.99. The maximum Gasteiger partial charge on any atom is 0.307 e. The van der Waals surface area contributed by atoms with Gasteiger partial charge in [-0.1, -0.05) is 0 Å². The topological polar surface area (TPSA) is 78.8 Å². The fraction of sp³-hybridized carbons (Fsp3) is 0.875. The predicted molar refractivity (Wildman–Crippen MR) is 47.2 cm³/mol. The molecule has 0 aliphatic heterocycles. The number of nitrogens with one attached hydrogen (secondary N) is 1. The van der Waals surface area contributed by atoms with Crippen LogP contribution in [0.3, 0.4) is 0 Å². The van der Waals surface area contributed by atoms with E-state index in [9.17, 15) is 4.79 Å². The van der Waals surface area contributed by atoms with E-state index in [2.05, 4.69) is 10.1 Å². The van der Waals surface area contributed by atoms with Gasteiger partial charge in [0.15, 0.2) is 0 Å². The molecule has 1 atom stereocenters. The molecular formula is C8H17NO4. The van der Waals surface area contributed by atoms with E-state index in [1.165, 1.54) is 7.11 Å². The smallest absolute Gasteiger partial charge is 0.307 e. The van der Waals surface area contributed by atoms with Crippen LogP contribution < -0.4 is 5.32 Å². The number of rotatable bonds is 6. The molecule has 13 heavy (non-hydrogen) atoms. The molecule has 0 rings (SSSR count). The second kappa shape index (κ2) is 6.82. The summed E-state index contributed by atoms with van der Waals surface area (Å²) in [4.78, 5) is 10.8. The minimum atomic E-state index is -0.375. The molecule has 0 radical (unpaired) electrons. The summed E-state index contributed by atoms with van der Waals surface area (Å²) in [5.41, 5.74) is 0. The van der Waals surface area contributed by atoms with E-state index in [1.807, 2.05) is 0 Å². The minimum Gasteiger partial charge on any atom is -0.469 e. The third-order valence-electron chi connectivity index (χ3n) is 1.66. The van der Waals surface area contributed by atoms with E-state index in [1.54, 1.807) is 6.92 Å². The summed E-state index contributed by atoms with van der Waals surface area (Å²) in [5, 5.41) is 20.3. The summed E-state index contributed by atoms with van der Waals surface area (Å²) in [5.74, 6) is -0.311. The first-order chi connectivity index (χ1) is 6.13. The molecule has 0 saturated carbocycles. The van der Waals surface area contributed by atoms with Gasteiger partial charge in [0.1, 0.15) is 0 Å². The van der Waals surface area contributed by atoms with Crippen molar-refractivity contribution < 1.29 is 19.7 Å². The van der Waals surface area contributed by atoms with Crippen molar-refractivity contribution in [2.45, 2.75) is 25.4 Å². The van der Waals surface area contributed by atoms with Crippen LogP contribution in [0.15, 0.2) is 0 Å². The average molecular weight is 191 g/mol. The Hall–Kier alpha value is -0.650. The molecule has 0 aromatic carbocycles. The third kappa shape index (κ3) is 5.57. The lowest BCUT2D eigenvalue weighted by molar-refractivity contribution is -0.141.